The second-order valence-corrected chi connectivity index (χ2v) is 3.64. The second kappa shape index (κ2) is 7.34. The molecule has 0 amide bonds. The topological polar surface area (TPSA) is 15.3 Å². The van der Waals surface area contributed by atoms with Gasteiger partial charge in [-0.25, -0.2) is 0 Å². The molecular formula is C11H26N2. The molecule has 2 heteroatoms. The zero-order valence-corrected chi connectivity index (χ0v) is 9.93. The van der Waals surface area contributed by atoms with Gasteiger partial charge < -0.3 is 5.32 Å². The van der Waals surface area contributed by atoms with Crippen molar-refractivity contribution in [1.82, 2.24) is 10.2 Å². The van der Waals surface area contributed by atoms with E-state index < -0.39 is 0 Å². The maximum absolute atomic E-state index is 3.44. The van der Waals surface area contributed by atoms with Crippen molar-refractivity contribution < 1.29 is 0 Å². The Bertz CT molecular complexity index is 113. The zero-order chi connectivity index (χ0) is 10.3. The van der Waals surface area contributed by atoms with Gasteiger partial charge in [-0.15, -0.1) is 0 Å². The fourth-order valence-corrected chi connectivity index (χ4v) is 1.82. The summed E-state index contributed by atoms with van der Waals surface area (Å²) in [5.74, 6) is 0.780. The lowest BCUT2D eigenvalue weighted by atomic mass is 10.0. The second-order valence-electron chi connectivity index (χ2n) is 3.64. The smallest absolute Gasteiger partial charge is 0.0244 e. The number of likely N-dealkylation sites (N-methyl/N-ethyl adjacent to an activating group) is 1. The Morgan fingerprint density at radius 1 is 1.38 bits per heavy atom. The van der Waals surface area contributed by atoms with Crippen LogP contribution in [0.5, 0.6) is 0 Å². The molecule has 1 N–H and O–H groups in total. The molecule has 80 valence electrons. The summed E-state index contributed by atoms with van der Waals surface area (Å²) < 4.78 is 0. The van der Waals surface area contributed by atoms with Crippen LogP contribution in [-0.4, -0.2) is 37.1 Å². The van der Waals surface area contributed by atoms with E-state index in [1.54, 1.807) is 0 Å². The Hall–Kier alpha value is -0.0800. The average Bonchev–Trinajstić information content (AvgIpc) is 2.20. The summed E-state index contributed by atoms with van der Waals surface area (Å²) in [6, 6.07) is 0.758. The first-order valence-electron chi connectivity index (χ1n) is 5.70. The van der Waals surface area contributed by atoms with E-state index in [2.05, 4.69) is 31.0 Å². The Morgan fingerprint density at radius 2 is 2.00 bits per heavy atom. The fourth-order valence-electron chi connectivity index (χ4n) is 1.82. The number of hydrogen-bond donors (Lipinski definition) is 1. The van der Waals surface area contributed by atoms with Crippen LogP contribution in [0, 0.1) is 5.92 Å². The summed E-state index contributed by atoms with van der Waals surface area (Å²) in [6.45, 7) is 15.6. The van der Waals surface area contributed by atoms with Crippen LogP contribution in [0.4, 0.5) is 0 Å². The molecule has 0 aliphatic carbocycles. The molecular weight excluding hydrogens is 160 g/mol. The molecule has 1 unspecified atom stereocenters. The largest absolute Gasteiger partial charge is 0.314 e. The molecule has 0 radical (unpaired) electrons. The molecule has 1 atom stereocenters. The van der Waals surface area contributed by atoms with E-state index in [0.29, 0.717) is 0 Å². The first-order valence-corrected chi connectivity index (χ1v) is 5.70. The van der Waals surface area contributed by atoms with Crippen molar-refractivity contribution in [2.24, 2.45) is 5.92 Å². The lowest BCUT2D eigenvalue weighted by Crippen LogP contribution is -2.53. The van der Waals surface area contributed by atoms with Crippen molar-refractivity contribution in [1.29, 1.82) is 0 Å². The van der Waals surface area contributed by atoms with Gasteiger partial charge in [0.15, 0.2) is 0 Å². The lowest BCUT2D eigenvalue weighted by molar-refractivity contribution is 0.132. The van der Waals surface area contributed by atoms with Gasteiger partial charge >= 0.3 is 0 Å². The highest BCUT2D eigenvalue weighted by atomic mass is 15.2. The van der Waals surface area contributed by atoms with Gasteiger partial charge in [-0.2, -0.15) is 0 Å². The lowest BCUT2D eigenvalue weighted by Gasteiger charge is -2.37. The van der Waals surface area contributed by atoms with Crippen LogP contribution < -0.4 is 5.32 Å². The molecule has 1 fully saturated rings. The van der Waals surface area contributed by atoms with Gasteiger partial charge in [-0.3, -0.25) is 4.90 Å². The average molecular weight is 186 g/mol. The predicted molar refractivity (Wildman–Crippen MR) is 60.1 cm³/mol. The Balaban J connectivity index is 0.000000671. The van der Waals surface area contributed by atoms with Crippen LogP contribution in [0.25, 0.3) is 0 Å². The molecule has 0 spiro atoms. The number of nitrogens with one attached hydrogen (secondary N) is 1. The molecule has 2 nitrogen and oxygen atoms in total. The van der Waals surface area contributed by atoms with Crippen molar-refractivity contribution in [3.05, 3.63) is 0 Å². The molecule has 1 aliphatic heterocycles. The van der Waals surface area contributed by atoms with Crippen molar-refractivity contribution in [2.45, 2.75) is 40.7 Å². The molecule has 1 saturated heterocycles. The highest BCUT2D eigenvalue weighted by molar-refractivity contribution is 4.80. The highest BCUT2D eigenvalue weighted by Crippen LogP contribution is 2.11. The third-order valence-electron chi connectivity index (χ3n) is 2.57. The van der Waals surface area contributed by atoms with Gasteiger partial charge in [-0.1, -0.05) is 34.6 Å². The molecule has 1 rings (SSSR count). The number of piperazine rings is 1. The van der Waals surface area contributed by atoms with Gasteiger partial charge in [0.1, 0.15) is 0 Å². The van der Waals surface area contributed by atoms with Crippen LogP contribution in [0.2, 0.25) is 0 Å². The Labute approximate surface area is 83.7 Å². The van der Waals surface area contributed by atoms with E-state index in [1.165, 1.54) is 19.6 Å². The van der Waals surface area contributed by atoms with E-state index in [9.17, 15) is 0 Å². The molecule has 0 saturated carbocycles. The van der Waals surface area contributed by atoms with E-state index >= 15 is 0 Å². The summed E-state index contributed by atoms with van der Waals surface area (Å²) in [4.78, 5) is 2.57. The minimum Gasteiger partial charge on any atom is -0.314 e. The first-order chi connectivity index (χ1) is 6.25. The highest BCUT2D eigenvalue weighted by Gasteiger charge is 2.22. The SMILES string of the molecule is CC.CCN1CCNCC1C(C)C. The summed E-state index contributed by atoms with van der Waals surface area (Å²) in [5, 5.41) is 3.44. The van der Waals surface area contributed by atoms with Crippen molar-refractivity contribution in [3.8, 4) is 0 Å². The van der Waals surface area contributed by atoms with Gasteiger partial charge in [0.05, 0.1) is 0 Å². The molecule has 1 heterocycles. The zero-order valence-electron chi connectivity index (χ0n) is 9.93. The molecule has 0 aromatic rings. The van der Waals surface area contributed by atoms with Crippen LogP contribution in [0.1, 0.15) is 34.6 Å². The Morgan fingerprint density at radius 3 is 2.38 bits per heavy atom. The third-order valence-corrected chi connectivity index (χ3v) is 2.57. The van der Waals surface area contributed by atoms with E-state index in [0.717, 1.165) is 18.5 Å². The van der Waals surface area contributed by atoms with Crippen molar-refractivity contribution in [3.63, 3.8) is 0 Å². The van der Waals surface area contributed by atoms with Gasteiger partial charge in [0, 0.05) is 25.7 Å². The fraction of sp³-hybridized carbons (Fsp3) is 1.00. The predicted octanol–water partition coefficient (Wildman–Crippen LogP) is 1.96. The molecule has 13 heavy (non-hydrogen) atoms. The van der Waals surface area contributed by atoms with Gasteiger partial charge in [0.25, 0.3) is 0 Å². The van der Waals surface area contributed by atoms with Crippen LogP contribution in [0.3, 0.4) is 0 Å². The monoisotopic (exact) mass is 186 g/mol. The van der Waals surface area contributed by atoms with Crippen molar-refractivity contribution >= 4 is 0 Å². The minimum absolute atomic E-state index is 0.758. The summed E-state index contributed by atoms with van der Waals surface area (Å²) in [6.07, 6.45) is 0. The molecule has 0 aromatic carbocycles. The molecule has 1 aliphatic rings. The maximum atomic E-state index is 3.44. The third kappa shape index (κ3) is 4.10. The quantitative estimate of drug-likeness (QED) is 0.709. The van der Waals surface area contributed by atoms with Crippen LogP contribution in [-0.2, 0) is 0 Å². The number of hydrogen-bond acceptors (Lipinski definition) is 2. The Kier molecular flexibility index (Phi) is 7.29. The van der Waals surface area contributed by atoms with Crippen LogP contribution >= 0.6 is 0 Å². The number of nitrogens with zero attached hydrogens (tertiary/aromatic N) is 1. The normalized spacial score (nSPS) is 24.0. The van der Waals surface area contributed by atoms with Gasteiger partial charge in [-0.05, 0) is 12.5 Å². The number of rotatable bonds is 2. The minimum atomic E-state index is 0.758. The maximum Gasteiger partial charge on any atom is 0.0244 e. The summed E-state index contributed by atoms with van der Waals surface area (Å²) in [5.41, 5.74) is 0. The van der Waals surface area contributed by atoms with E-state index in [1.807, 2.05) is 13.8 Å². The molecule has 0 bridgehead atoms. The van der Waals surface area contributed by atoms with Gasteiger partial charge in [0.2, 0.25) is 0 Å². The standard InChI is InChI=1S/C9H20N2.C2H6/c1-4-11-6-5-10-7-9(11)8(2)3;1-2/h8-10H,4-7H2,1-3H3;1-2H3. The van der Waals surface area contributed by atoms with E-state index in [4.69, 9.17) is 0 Å². The summed E-state index contributed by atoms with van der Waals surface area (Å²) >= 11 is 0. The van der Waals surface area contributed by atoms with Crippen LogP contribution in [0.15, 0.2) is 0 Å². The van der Waals surface area contributed by atoms with Crippen molar-refractivity contribution in [2.75, 3.05) is 26.2 Å². The molecule has 0 aromatic heterocycles. The van der Waals surface area contributed by atoms with E-state index in [-0.39, 0.29) is 0 Å². The summed E-state index contributed by atoms with van der Waals surface area (Å²) in [7, 11) is 0. The first kappa shape index (κ1) is 12.9.